The fourth-order valence-corrected chi connectivity index (χ4v) is 2.50. The SMILES string of the molecule is Cc1nc2c3c(C)cccc3ccn2c1Br. The lowest BCUT2D eigenvalue weighted by molar-refractivity contribution is 1.15. The molecule has 1 aromatic carbocycles. The smallest absolute Gasteiger partial charge is 0.146 e. The highest BCUT2D eigenvalue weighted by atomic mass is 79.9. The van der Waals surface area contributed by atoms with Gasteiger partial charge >= 0.3 is 0 Å². The molecule has 0 unspecified atom stereocenters. The van der Waals surface area contributed by atoms with Crippen molar-refractivity contribution < 1.29 is 0 Å². The molecule has 0 aliphatic rings. The van der Waals surface area contributed by atoms with Crippen LogP contribution in [0.1, 0.15) is 11.3 Å². The van der Waals surface area contributed by atoms with Crippen LogP contribution in [-0.4, -0.2) is 9.38 Å². The van der Waals surface area contributed by atoms with Gasteiger partial charge in [0.1, 0.15) is 10.3 Å². The van der Waals surface area contributed by atoms with E-state index in [1.807, 2.05) is 6.92 Å². The zero-order chi connectivity index (χ0) is 11.3. The summed E-state index contributed by atoms with van der Waals surface area (Å²) in [6.07, 6.45) is 2.06. The van der Waals surface area contributed by atoms with Crippen molar-refractivity contribution >= 4 is 32.3 Å². The van der Waals surface area contributed by atoms with Crippen LogP contribution in [0.2, 0.25) is 0 Å². The Balaban J connectivity index is 2.63. The van der Waals surface area contributed by atoms with Crippen LogP contribution in [0.3, 0.4) is 0 Å². The molecule has 0 saturated heterocycles. The van der Waals surface area contributed by atoms with E-state index in [0.29, 0.717) is 0 Å². The van der Waals surface area contributed by atoms with Crippen LogP contribution in [0.15, 0.2) is 35.1 Å². The van der Waals surface area contributed by atoms with E-state index in [4.69, 9.17) is 0 Å². The largest absolute Gasteiger partial charge is 0.293 e. The lowest BCUT2D eigenvalue weighted by Crippen LogP contribution is -1.88. The lowest BCUT2D eigenvalue weighted by Gasteiger charge is -2.03. The van der Waals surface area contributed by atoms with Crippen molar-refractivity contribution in [2.75, 3.05) is 0 Å². The number of imidazole rings is 1. The number of aryl methyl sites for hydroxylation is 2. The van der Waals surface area contributed by atoms with Crippen LogP contribution in [0.5, 0.6) is 0 Å². The summed E-state index contributed by atoms with van der Waals surface area (Å²) in [5, 5.41) is 2.48. The predicted molar refractivity (Wildman–Crippen MR) is 69.9 cm³/mol. The number of aromatic nitrogens is 2. The Kier molecular flexibility index (Phi) is 2.04. The summed E-state index contributed by atoms with van der Waals surface area (Å²) in [5.74, 6) is 0. The highest BCUT2D eigenvalue weighted by Crippen LogP contribution is 2.27. The normalized spacial score (nSPS) is 11.4. The van der Waals surface area contributed by atoms with Crippen molar-refractivity contribution in [3.05, 3.63) is 46.3 Å². The van der Waals surface area contributed by atoms with Gasteiger partial charge in [-0.05, 0) is 46.8 Å². The fraction of sp³-hybridized carbons (Fsp3) is 0.154. The zero-order valence-electron chi connectivity index (χ0n) is 9.16. The van der Waals surface area contributed by atoms with Crippen molar-refractivity contribution in [2.24, 2.45) is 0 Å². The van der Waals surface area contributed by atoms with E-state index in [2.05, 4.69) is 62.7 Å². The van der Waals surface area contributed by atoms with E-state index in [0.717, 1.165) is 15.9 Å². The van der Waals surface area contributed by atoms with E-state index in [-0.39, 0.29) is 0 Å². The summed E-state index contributed by atoms with van der Waals surface area (Å²) in [6.45, 7) is 4.14. The van der Waals surface area contributed by atoms with Gasteiger partial charge in [0.25, 0.3) is 0 Å². The van der Waals surface area contributed by atoms with Crippen LogP contribution >= 0.6 is 15.9 Å². The van der Waals surface area contributed by atoms with Gasteiger partial charge in [0, 0.05) is 11.6 Å². The number of rotatable bonds is 0. The average molecular weight is 275 g/mol. The Labute approximate surface area is 102 Å². The first-order valence-electron chi connectivity index (χ1n) is 5.21. The molecule has 16 heavy (non-hydrogen) atoms. The molecule has 2 aromatic heterocycles. The standard InChI is InChI=1S/C13H11BrN2/c1-8-4-3-5-10-6-7-16-12(14)9(2)15-13(16)11(8)10/h3-7H,1-2H3. The quantitative estimate of drug-likeness (QED) is 0.608. The molecular weight excluding hydrogens is 264 g/mol. The van der Waals surface area contributed by atoms with Crippen molar-refractivity contribution in [1.29, 1.82) is 0 Å². The first-order valence-corrected chi connectivity index (χ1v) is 6.00. The Morgan fingerprint density at radius 2 is 2.00 bits per heavy atom. The molecule has 3 heteroatoms. The number of benzene rings is 1. The van der Waals surface area contributed by atoms with Gasteiger partial charge in [-0.15, -0.1) is 0 Å². The van der Waals surface area contributed by atoms with E-state index in [1.54, 1.807) is 0 Å². The Hall–Kier alpha value is -1.35. The van der Waals surface area contributed by atoms with Crippen molar-refractivity contribution in [3.8, 4) is 0 Å². The number of halogens is 1. The van der Waals surface area contributed by atoms with Crippen molar-refractivity contribution in [3.63, 3.8) is 0 Å². The zero-order valence-corrected chi connectivity index (χ0v) is 10.7. The summed E-state index contributed by atoms with van der Waals surface area (Å²) in [5.41, 5.74) is 3.32. The third-order valence-corrected chi connectivity index (χ3v) is 3.90. The second kappa shape index (κ2) is 3.32. The number of fused-ring (bicyclic) bond motifs is 3. The molecule has 0 spiro atoms. The van der Waals surface area contributed by atoms with Gasteiger partial charge in [0.05, 0.1) is 5.69 Å². The summed E-state index contributed by atoms with van der Waals surface area (Å²) in [4.78, 5) is 4.62. The van der Waals surface area contributed by atoms with E-state index in [9.17, 15) is 0 Å². The van der Waals surface area contributed by atoms with Gasteiger partial charge in [-0.25, -0.2) is 4.98 Å². The molecular formula is C13H11BrN2. The van der Waals surface area contributed by atoms with Crippen molar-refractivity contribution in [1.82, 2.24) is 9.38 Å². The lowest BCUT2D eigenvalue weighted by atomic mass is 10.1. The molecule has 0 amide bonds. The Morgan fingerprint density at radius 3 is 2.81 bits per heavy atom. The molecule has 0 saturated carbocycles. The number of pyridine rings is 1. The monoisotopic (exact) mass is 274 g/mol. The molecule has 0 N–H and O–H groups in total. The average Bonchev–Trinajstić information content (AvgIpc) is 2.55. The molecule has 2 heterocycles. The van der Waals surface area contributed by atoms with Gasteiger partial charge in [-0.1, -0.05) is 18.2 Å². The second-order valence-corrected chi connectivity index (χ2v) is 4.79. The van der Waals surface area contributed by atoms with Gasteiger partial charge in [0.15, 0.2) is 0 Å². The van der Waals surface area contributed by atoms with Gasteiger partial charge < -0.3 is 0 Å². The number of hydrogen-bond acceptors (Lipinski definition) is 1. The molecule has 2 nitrogen and oxygen atoms in total. The van der Waals surface area contributed by atoms with E-state index in [1.165, 1.54) is 16.3 Å². The molecule has 3 aromatic rings. The maximum atomic E-state index is 4.62. The molecule has 80 valence electrons. The highest BCUT2D eigenvalue weighted by molar-refractivity contribution is 9.10. The summed E-state index contributed by atoms with van der Waals surface area (Å²) < 4.78 is 3.12. The molecule has 0 fully saturated rings. The number of hydrogen-bond donors (Lipinski definition) is 0. The van der Waals surface area contributed by atoms with Gasteiger partial charge in [-0.2, -0.15) is 0 Å². The van der Waals surface area contributed by atoms with Crippen LogP contribution in [0.4, 0.5) is 0 Å². The second-order valence-electron chi connectivity index (χ2n) is 4.04. The van der Waals surface area contributed by atoms with Gasteiger partial charge in [-0.3, -0.25) is 4.40 Å². The summed E-state index contributed by atoms with van der Waals surface area (Å²) in [6, 6.07) is 8.46. The number of nitrogens with zero attached hydrogens (tertiary/aromatic N) is 2. The first-order chi connectivity index (χ1) is 7.68. The molecule has 3 rings (SSSR count). The fourth-order valence-electron chi connectivity index (χ4n) is 2.13. The third-order valence-electron chi connectivity index (χ3n) is 2.94. The van der Waals surface area contributed by atoms with E-state index >= 15 is 0 Å². The minimum absolute atomic E-state index is 1.02. The third kappa shape index (κ3) is 1.21. The minimum Gasteiger partial charge on any atom is -0.293 e. The molecule has 0 radical (unpaired) electrons. The molecule has 0 aliphatic carbocycles. The summed E-state index contributed by atoms with van der Waals surface area (Å²) >= 11 is 3.56. The van der Waals surface area contributed by atoms with Crippen LogP contribution in [-0.2, 0) is 0 Å². The maximum absolute atomic E-state index is 4.62. The van der Waals surface area contributed by atoms with Crippen molar-refractivity contribution in [2.45, 2.75) is 13.8 Å². The van der Waals surface area contributed by atoms with E-state index < -0.39 is 0 Å². The van der Waals surface area contributed by atoms with Gasteiger partial charge in [0.2, 0.25) is 0 Å². The molecule has 0 atom stereocenters. The molecule has 0 aliphatic heterocycles. The maximum Gasteiger partial charge on any atom is 0.146 e. The summed E-state index contributed by atoms with van der Waals surface area (Å²) in [7, 11) is 0. The highest BCUT2D eigenvalue weighted by Gasteiger charge is 2.09. The van der Waals surface area contributed by atoms with Crippen LogP contribution in [0, 0.1) is 13.8 Å². The Bertz CT molecular complexity index is 698. The minimum atomic E-state index is 1.02. The topological polar surface area (TPSA) is 17.3 Å². The van der Waals surface area contributed by atoms with Crippen LogP contribution in [0.25, 0.3) is 16.4 Å². The first kappa shape index (κ1) is 9.85. The van der Waals surface area contributed by atoms with Crippen LogP contribution < -0.4 is 0 Å². The predicted octanol–water partition coefficient (Wildman–Crippen LogP) is 3.87. The molecule has 0 bridgehead atoms. The Morgan fingerprint density at radius 1 is 1.19 bits per heavy atom.